The van der Waals surface area contributed by atoms with Crippen molar-refractivity contribution < 1.29 is 9.72 Å². The number of carbonyl (C=O) groups is 1. The Balaban J connectivity index is 2.73. The van der Waals surface area contributed by atoms with Crippen molar-refractivity contribution in [2.45, 2.75) is 19.9 Å². The quantitative estimate of drug-likeness (QED) is 0.626. The lowest BCUT2D eigenvalue weighted by molar-refractivity contribution is -0.384. The zero-order valence-electron chi connectivity index (χ0n) is 9.63. The molecular weight excluding hydrogens is 222 g/mol. The minimum Gasteiger partial charge on any atom is -0.351 e. The molecule has 0 spiro atoms. The maximum atomic E-state index is 11.1. The molecule has 0 saturated carbocycles. The summed E-state index contributed by atoms with van der Waals surface area (Å²) in [6, 6.07) is 5.61. The Labute approximate surface area is 99.2 Å². The first-order valence-corrected chi connectivity index (χ1v) is 5.32. The van der Waals surface area contributed by atoms with E-state index >= 15 is 0 Å². The van der Waals surface area contributed by atoms with E-state index in [1.165, 1.54) is 17.0 Å². The third-order valence-corrected chi connectivity index (χ3v) is 2.33. The van der Waals surface area contributed by atoms with Crippen LogP contribution in [0.3, 0.4) is 0 Å². The highest BCUT2D eigenvalue weighted by molar-refractivity contribution is 5.72. The Bertz CT molecular complexity index is 403. The van der Waals surface area contributed by atoms with Gasteiger partial charge in [-0.15, -0.1) is 0 Å². The number of non-ortho nitro benzene ring substituents is 1. The Morgan fingerprint density at radius 3 is 2.41 bits per heavy atom. The van der Waals surface area contributed by atoms with E-state index in [2.05, 4.69) is 0 Å². The number of hydrogen-bond donors (Lipinski definition) is 1. The number of amides is 2. The van der Waals surface area contributed by atoms with Crippen LogP contribution >= 0.6 is 0 Å². The van der Waals surface area contributed by atoms with Gasteiger partial charge in [0.25, 0.3) is 5.69 Å². The second kappa shape index (κ2) is 5.83. The third kappa shape index (κ3) is 3.75. The van der Waals surface area contributed by atoms with Crippen LogP contribution in [-0.2, 0) is 6.54 Å². The van der Waals surface area contributed by atoms with Gasteiger partial charge in [0, 0.05) is 25.2 Å². The molecule has 0 radical (unpaired) electrons. The Hall–Kier alpha value is -2.11. The molecule has 0 heterocycles. The lowest BCUT2D eigenvalue weighted by Crippen LogP contribution is -2.35. The molecule has 1 aromatic rings. The van der Waals surface area contributed by atoms with Crippen molar-refractivity contribution in [3.63, 3.8) is 0 Å². The molecular formula is C11H15N3O3. The van der Waals surface area contributed by atoms with Gasteiger partial charge < -0.3 is 10.6 Å². The van der Waals surface area contributed by atoms with Gasteiger partial charge in [0.1, 0.15) is 0 Å². The van der Waals surface area contributed by atoms with Crippen LogP contribution in [0.2, 0.25) is 0 Å². The number of carbonyl (C=O) groups excluding carboxylic acids is 1. The first-order valence-electron chi connectivity index (χ1n) is 5.32. The molecule has 17 heavy (non-hydrogen) atoms. The average Bonchev–Trinajstić information content (AvgIpc) is 2.29. The second-order valence-corrected chi connectivity index (χ2v) is 3.68. The monoisotopic (exact) mass is 237 g/mol. The van der Waals surface area contributed by atoms with Crippen LogP contribution < -0.4 is 5.73 Å². The van der Waals surface area contributed by atoms with Crippen LogP contribution in [0.4, 0.5) is 10.5 Å². The fourth-order valence-electron chi connectivity index (χ4n) is 1.48. The van der Waals surface area contributed by atoms with Gasteiger partial charge in [-0.1, -0.05) is 19.1 Å². The lowest BCUT2D eigenvalue weighted by Gasteiger charge is -2.19. The van der Waals surface area contributed by atoms with Crippen molar-refractivity contribution in [2.24, 2.45) is 5.73 Å². The van der Waals surface area contributed by atoms with Crippen molar-refractivity contribution in [3.8, 4) is 0 Å². The number of urea groups is 1. The summed E-state index contributed by atoms with van der Waals surface area (Å²) in [6.45, 7) is 2.90. The summed E-state index contributed by atoms with van der Waals surface area (Å²) in [4.78, 5) is 22.6. The molecule has 0 aliphatic rings. The van der Waals surface area contributed by atoms with Crippen LogP contribution in [0.1, 0.15) is 18.9 Å². The number of nitrogens with zero attached hydrogens (tertiary/aromatic N) is 2. The van der Waals surface area contributed by atoms with E-state index in [1.807, 2.05) is 6.92 Å². The molecule has 0 aliphatic carbocycles. The van der Waals surface area contributed by atoms with E-state index in [4.69, 9.17) is 5.73 Å². The smallest absolute Gasteiger partial charge is 0.315 e. The van der Waals surface area contributed by atoms with Gasteiger partial charge in [0.15, 0.2) is 0 Å². The largest absolute Gasteiger partial charge is 0.351 e. The molecule has 92 valence electrons. The number of rotatable bonds is 5. The zero-order valence-corrected chi connectivity index (χ0v) is 9.63. The van der Waals surface area contributed by atoms with Crippen molar-refractivity contribution in [1.82, 2.24) is 4.90 Å². The number of primary amides is 1. The first kappa shape index (κ1) is 13.0. The molecule has 1 rings (SSSR count). The van der Waals surface area contributed by atoms with Gasteiger partial charge in [-0.2, -0.15) is 0 Å². The predicted molar refractivity (Wildman–Crippen MR) is 63.4 cm³/mol. The Morgan fingerprint density at radius 2 is 2.00 bits per heavy atom. The molecule has 2 amide bonds. The van der Waals surface area contributed by atoms with E-state index in [-0.39, 0.29) is 5.69 Å². The zero-order chi connectivity index (χ0) is 12.8. The minimum atomic E-state index is -0.481. The first-order chi connectivity index (χ1) is 8.04. The second-order valence-electron chi connectivity index (χ2n) is 3.68. The van der Waals surface area contributed by atoms with Crippen LogP contribution in [0.25, 0.3) is 0 Å². The summed E-state index contributed by atoms with van der Waals surface area (Å²) in [7, 11) is 0. The normalized spacial score (nSPS) is 9.94. The minimum absolute atomic E-state index is 0.0369. The van der Waals surface area contributed by atoms with Gasteiger partial charge in [-0.3, -0.25) is 10.1 Å². The van der Waals surface area contributed by atoms with Crippen molar-refractivity contribution >= 4 is 11.7 Å². The average molecular weight is 237 g/mol. The molecule has 0 unspecified atom stereocenters. The Kier molecular flexibility index (Phi) is 4.45. The van der Waals surface area contributed by atoms with E-state index in [0.717, 1.165) is 12.0 Å². The number of benzene rings is 1. The summed E-state index contributed by atoms with van der Waals surface area (Å²) in [5.74, 6) is 0. The molecule has 0 aliphatic heterocycles. The maximum absolute atomic E-state index is 11.1. The van der Waals surface area contributed by atoms with E-state index in [9.17, 15) is 14.9 Å². The number of nitrogens with two attached hydrogens (primary N) is 1. The molecule has 1 aromatic carbocycles. The predicted octanol–water partition coefficient (Wildman–Crippen LogP) is 1.89. The molecule has 0 fully saturated rings. The molecule has 0 aromatic heterocycles. The van der Waals surface area contributed by atoms with Crippen LogP contribution in [0.5, 0.6) is 0 Å². The summed E-state index contributed by atoms with van der Waals surface area (Å²) in [5.41, 5.74) is 6.09. The molecule has 0 bridgehead atoms. The van der Waals surface area contributed by atoms with Crippen LogP contribution in [0, 0.1) is 10.1 Å². The summed E-state index contributed by atoms with van der Waals surface area (Å²) in [5, 5.41) is 10.5. The van der Waals surface area contributed by atoms with E-state index < -0.39 is 11.0 Å². The maximum Gasteiger partial charge on any atom is 0.315 e. The summed E-state index contributed by atoms with van der Waals surface area (Å²) >= 11 is 0. The van der Waals surface area contributed by atoms with Crippen molar-refractivity contribution in [2.75, 3.05) is 6.54 Å². The van der Waals surface area contributed by atoms with Gasteiger partial charge in [0.05, 0.1) is 4.92 Å². The fourth-order valence-corrected chi connectivity index (χ4v) is 1.48. The van der Waals surface area contributed by atoms with E-state index in [1.54, 1.807) is 12.1 Å². The third-order valence-electron chi connectivity index (χ3n) is 2.33. The lowest BCUT2D eigenvalue weighted by atomic mass is 10.2. The SMILES string of the molecule is CCCN(Cc1ccc([N+](=O)[O-])cc1)C(N)=O. The molecule has 6 nitrogen and oxygen atoms in total. The number of nitro benzene ring substituents is 1. The topological polar surface area (TPSA) is 89.5 Å². The molecule has 0 atom stereocenters. The van der Waals surface area contributed by atoms with Crippen LogP contribution in [0.15, 0.2) is 24.3 Å². The fraction of sp³-hybridized carbons (Fsp3) is 0.364. The number of hydrogen-bond acceptors (Lipinski definition) is 3. The molecule has 6 heteroatoms. The molecule has 0 saturated heterocycles. The van der Waals surface area contributed by atoms with Gasteiger partial charge in [-0.05, 0) is 12.0 Å². The van der Waals surface area contributed by atoms with Gasteiger partial charge in [-0.25, -0.2) is 4.79 Å². The molecule has 2 N–H and O–H groups in total. The Morgan fingerprint density at radius 1 is 1.41 bits per heavy atom. The van der Waals surface area contributed by atoms with Crippen LogP contribution in [-0.4, -0.2) is 22.4 Å². The van der Waals surface area contributed by atoms with Crippen molar-refractivity contribution in [3.05, 3.63) is 39.9 Å². The highest BCUT2D eigenvalue weighted by Crippen LogP contribution is 2.13. The standard InChI is InChI=1S/C11H15N3O3/c1-2-7-13(11(12)15)8-9-3-5-10(6-4-9)14(16)17/h3-6H,2,7-8H2,1H3,(H2,12,15). The number of nitro groups is 1. The van der Waals surface area contributed by atoms with Gasteiger partial charge >= 0.3 is 6.03 Å². The summed E-state index contributed by atoms with van der Waals surface area (Å²) in [6.07, 6.45) is 0.815. The highest BCUT2D eigenvalue weighted by Gasteiger charge is 2.10. The highest BCUT2D eigenvalue weighted by atomic mass is 16.6. The van der Waals surface area contributed by atoms with E-state index in [0.29, 0.717) is 13.1 Å². The summed E-state index contributed by atoms with van der Waals surface area (Å²) < 4.78 is 0. The van der Waals surface area contributed by atoms with Crippen molar-refractivity contribution in [1.29, 1.82) is 0 Å². The van der Waals surface area contributed by atoms with Gasteiger partial charge in [0.2, 0.25) is 0 Å².